The standard InChI is InChI=1S/C26H30N4O3S/c31-25(30-16-13-19(14-17-30)23-18-20-8-3-5-10-22(20)28-23)12-2-1-7-15-27-26-21-9-4-6-11-24(21)34(32,33)29-26/h3-6,8-11,18-19,28H,1-2,7,12-17H2,(H,27,29). The first-order chi connectivity index (χ1) is 16.5. The number of nitrogens with zero attached hydrogens (tertiary/aromatic N) is 2. The molecule has 0 radical (unpaired) electrons. The molecule has 0 unspecified atom stereocenters. The SMILES string of the molecule is O=C(CCCCCN=C1NS(=O)(=O)c2ccccc21)N1CCC(c2cc3ccccc3[nH]2)CC1. The van der Waals surface area contributed by atoms with Gasteiger partial charge in [-0.1, -0.05) is 36.8 Å². The summed E-state index contributed by atoms with van der Waals surface area (Å²) < 4.78 is 26.8. The van der Waals surface area contributed by atoms with Crippen molar-refractivity contribution in [3.8, 4) is 0 Å². The van der Waals surface area contributed by atoms with Crippen molar-refractivity contribution in [2.24, 2.45) is 4.99 Å². The molecule has 1 saturated heterocycles. The average Bonchev–Trinajstić information content (AvgIpc) is 3.40. The number of fused-ring (bicyclic) bond motifs is 2. The molecule has 3 aromatic rings. The molecule has 2 aliphatic rings. The molecule has 34 heavy (non-hydrogen) atoms. The van der Waals surface area contributed by atoms with Gasteiger partial charge < -0.3 is 9.88 Å². The van der Waals surface area contributed by atoms with Crippen LogP contribution in [0.15, 0.2) is 64.5 Å². The van der Waals surface area contributed by atoms with Crippen LogP contribution in [0.5, 0.6) is 0 Å². The molecule has 8 heteroatoms. The van der Waals surface area contributed by atoms with Gasteiger partial charge in [-0.2, -0.15) is 0 Å². The molecule has 1 fully saturated rings. The number of amidine groups is 1. The Bertz CT molecular complexity index is 1290. The number of unbranched alkanes of at least 4 members (excludes halogenated alkanes) is 2. The van der Waals surface area contributed by atoms with E-state index in [0.29, 0.717) is 30.3 Å². The number of para-hydroxylation sites is 1. The molecule has 0 atom stereocenters. The van der Waals surface area contributed by atoms with Crippen molar-refractivity contribution >= 4 is 32.7 Å². The number of carbonyl (C=O) groups excluding carboxylic acids is 1. The van der Waals surface area contributed by atoms with Crippen LogP contribution in [-0.2, 0) is 14.8 Å². The molecule has 0 aliphatic carbocycles. The molecule has 0 saturated carbocycles. The summed E-state index contributed by atoms with van der Waals surface area (Å²) in [4.78, 5) is 22.9. The topological polar surface area (TPSA) is 94.6 Å². The summed E-state index contributed by atoms with van der Waals surface area (Å²) in [5.74, 6) is 1.14. The molecular formula is C26H30N4O3S. The van der Waals surface area contributed by atoms with Crippen molar-refractivity contribution < 1.29 is 13.2 Å². The summed E-state index contributed by atoms with van der Waals surface area (Å²) in [6.07, 6.45) is 5.09. The Balaban J connectivity index is 1.03. The van der Waals surface area contributed by atoms with Gasteiger partial charge in [-0.05, 0) is 55.3 Å². The van der Waals surface area contributed by atoms with Crippen molar-refractivity contribution in [3.05, 3.63) is 65.9 Å². The van der Waals surface area contributed by atoms with Gasteiger partial charge in [0, 0.05) is 48.7 Å². The van der Waals surface area contributed by atoms with E-state index in [1.54, 1.807) is 18.2 Å². The predicted molar refractivity (Wildman–Crippen MR) is 133 cm³/mol. The summed E-state index contributed by atoms with van der Waals surface area (Å²) >= 11 is 0. The number of aliphatic imine (C=N–C) groups is 1. The number of hydrogen-bond acceptors (Lipinski definition) is 4. The number of hydrogen-bond donors (Lipinski definition) is 2. The number of piperidine rings is 1. The van der Waals surface area contributed by atoms with Crippen molar-refractivity contribution in [3.63, 3.8) is 0 Å². The molecule has 1 aromatic heterocycles. The Hall–Kier alpha value is -3.13. The van der Waals surface area contributed by atoms with Crippen LogP contribution in [0, 0.1) is 0 Å². The first kappa shape index (κ1) is 22.7. The molecule has 178 valence electrons. The number of benzene rings is 2. The number of carbonyl (C=O) groups is 1. The van der Waals surface area contributed by atoms with Gasteiger partial charge in [0.2, 0.25) is 5.91 Å². The second-order valence-electron chi connectivity index (χ2n) is 9.11. The minimum Gasteiger partial charge on any atom is -0.358 e. The number of sulfonamides is 1. The van der Waals surface area contributed by atoms with Crippen LogP contribution < -0.4 is 4.72 Å². The Morgan fingerprint density at radius 3 is 2.59 bits per heavy atom. The maximum atomic E-state index is 12.6. The predicted octanol–water partition coefficient (Wildman–Crippen LogP) is 4.17. The fourth-order valence-electron chi connectivity index (χ4n) is 4.92. The van der Waals surface area contributed by atoms with Gasteiger partial charge in [0.15, 0.2) is 0 Å². The van der Waals surface area contributed by atoms with E-state index in [-0.39, 0.29) is 10.8 Å². The summed E-state index contributed by atoms with van der Waals surface area (Å²) in [6.45, 7) is 2.16. The monoisotopic (exact) mass is 478 g/mol. The number of H-pyrrole nitrogens is 1. The lowest BCUT2D eigenvalue weighted by Gasteiger charge is -2.31. The normalized spacial score (nSPS) is 18.8. The van der Waals surface area contributed by atoms with Gasteiger partial charge in [-0.3, -0.25) is 14.5 Å². The van der Waals surface area contributed by atoms with Crippen LogP contribution in [0.25, 0.3) is 10.9 Å². The molecule has 1 amide bonds. The molecule has 0 spiro atoms. The molecule has 3 heterocycles. The first-order valence-electron chi connectivity index (χ1n) is 12.0. The Morgan fingerprint density at radius 1 is 1.00 bits per heavy atom. The zero-order chi connectivity index (χ0) is 23.5. The second-order valence-corrected chi connectivity index (χ2v) is 10.8. The van der Waals surface area contributed by atoms with Crippen molar-refractivity contribution in [2.75, 3.05) is 19.6 Å². The molecule has 0 bridgehead atoms. The molecular weight excluding hydrogens is 448 g/mol. The summed E-state index contributed by atoms with van der Waals surface area (Å²) in [7, 11) is -3.49. The van der Waals surface area contributed by atoms with Gasteiger partial charge in [0.1, 0.15) is 5.84 Å². The Kier molecular flexibility index (Phi) is 6.41. The van der Waals surface area contributed by atoms with Gasteiger partial charge in [0.25, 0.3) is 10.0 Å². The van der Waals surface area contributed by atoms with E-state index in [9.17, 15) is 13.2 Å². The minimum atomic E-state index is -3.49. The van der Waals surface area contributed by atoms with Gasteiger partial charge >= 0.3 is 0 Å². The van der Waals surface area contributed by atoms with Gasteiger partial charge in [0.05, 0.1) is 4.90 Å². The van der Waals surface area contributed by atoms with E-state index >= 15 is 0 Å². The number of likely N-dealkylation sites (tertiary alicyclic amines) is 1. The van der Waals surface area contributed by atoms with E-state index in [0.717, 1.165) is 45.2 Å². The van der Waals surface area contributed by atoms with E-state index in [1.807, 2.05) is 17.0 Å². The maximum Gasteiger partial charge on any atom is 0.263 e. The second kappa shape index (κ2) is 9.62. The van der Waals surface area contributed by atoms with Crippen LogP contribution >= 0.6 is 0 Å². The minimum absolute atomic E-state index is 0.235. The lowest BCUT2D eigenvalue weighted by atomic mass is 9.93. The summed E-state index contributed by atoms with van der Waals surface area (Å²) in [5.41, 5.74) is 3.09. The average molecular weight is 479 g/mol. The van der Waals surface area contributed by atoms with Crippen molar-refractivity contribution in [1.29, 1.82) is 0 Å². The summed E-state index contributed by atoms with van der Waals surface area (Å²) in [6, 6.07) is 17.5. The zero-order valence-electron chi connectivity index (χ0n) is 19.2. The van der Waals surface area contributed by atoms with Crippen LogP contribution in [0.2, 0.25) is 0 Å². The highest BCUT2D eigenvalue weighted by atomic mass is 32.2. The lowest BCUT2D eigenvalue weighted by Crippen LogP contribution is -2.37. The molecule has 2 aromatic carbocycles. The molecule has 2 aliphatic heterocycles. The summed E-state index contributed by atoms with van der Waals surface area (Å²) in [5, 5.41) is 1.25. The van der Waals surface area contributed by atoms with Crippen molar-refractivity contribution in [1.82, 2.24) is 14.6 Å². The third-order valence-corrected chi connectivity index (χ3v) is 8.22. The fourth-order valence-corrected chi connectivity index (χ4v) is 6.17. The molecule has 2 N–H and O–H groups in total. The molecule has 5 rings (SSSR count). The number of aromatic nitrogens is 1. The third-order valence-electron chi connectivity index (χ3n) is 6.82. The zero-order valence-corrected chi connectivity index (χ0v) is 20.0. The lowest BCUT2D eigenvalue weighted by molar-refractivity contribution is -0.132. The van der Waals surface area contributed by atoms with Crippen LogP contribution in [0.3, 0.4) is 0 Å². The fraction of sp³-hybridized carbons (Fsp3) is 0.385. The number of aromatic amines is 1. The number of nitrogens with one attached hydrogen (secondary N) is 2. The third kappa shape index (κ3) is 4.73. The van der Waals surface area contributed by atoms with Gasteiger partial charge in [-0.25, -0.2) is 8.42 Å². The van der Waals surface area contributed by atoms with Crippen LogP contribution in [-0.4, -0.2) is 49.7 Å². The van der Waals surface area contributed by atoms with Gasteiger partial charge in [-0.15, -0.1) is 0 Å². The first-order valence-corrected chi connectivity index (χ1v) is 13.5. The van der Waals surface area contributed by atoms with Crippen molar-refractivity contribution in [2.45, 2.75) is 49.3 Å². The highest BCUT2D eigenvalue weighted by molar-refractivity contribution is 7.90. The smallest absolute Gasteiger partial charge is 0.263 e. The molecule has 7 nitrogen and oxygen atoms in total. The number of rotatable bonds is 7. The Labute approximate surface area is 200 Å². The van der Waals surface area contributed by atoms with E-state index in [4.69, 9.17) is 0 Å². The Morgan fingerprint density at radius 2 is 1.76 bits per heavy atom. The largest absolute Gasteiger partial charge is 0.358 e. The maximum absolute atomic E-state index is 12.6. The van der Waals surface area contributed by atoms with E-state index < -0.39 is 10.0 Å². The van der Waals surface area contributed by atoms with Crippen LogP contribution in [0.4, 0.5) is 0 Å². The van der Waals surface area contributed by atoms with E-state index in [1.165, 1.54) is 16.6 Å². The highest BCUT2D eigenvalue weighted by Crippen LogP contribution is 2.30. The van der Waals surface area contributed by atoms with E-state index in [2.05, 4.69) is 39.0 Å². The van der Waals surface area contributed by atoms with Crippen LogP contribution in [0.1, 0.15) is 55.7 Å². The highest BCUT2D eigenvalue weighted by Gasteiger charge is 2.30. The number of amides is 1. The quantitative estimate of drug-likeness (QED) is 0.499.